The molecule has 2 aliphatic rings. The van der Waals surface area contributed by atoms with E-state index in [4.69, 9.17) is 0 Å². The van der Waals surface area contributed by atoms with Gasteiger partial charge in [-0.15, -0.1) is 0 Å². The summed E-state index contributed by atoms with van der Waals surface area (Å²) in [6, 6.07) is 10.4. The molecule has 0 spiro atoms. The van der Waals surface area contributed by atoms with Crippen molar-refractivity contribution in [3.63, 3.8) is 0 Å². The number of anilines is 1. The maximum Gasteiger partial charge on any atom is 0.0447 e. The minimum Gasteiger partial charge on any atom is -0.372 e. The van der Waals surface area contributed by atoms with Gasteiger partial charge in [-0.2, -0.15) is 0 Å². The van der Waals surface area contributed by atoms with Crippen LogP contribution in [-0.2, 0) is 0 Å². The summed E-state index contributed by atoms with van der Waals surface area (Å²) in [5, 5.41) is 7.02. The van der Waals surface area contributed by atoms with Crippen LogP contribution in [0.5, 0.6) is 0 Å². The van der Waals surface area contributed by atoms with Gasteiger partial charge in [0.2, 0.25) is 0 Å². The van der Waals surface area contributed by atoms with Gasteiger partial charge in [-0.05, 0) is 30.5 Å². The zero-order valence-corrected chi connectivity index (χ0v) is 12.6. The second kappa shape index (κ2) is 6.59. The predicted molar refractivity (Wildman–Crippen MR) is 85.3 cm³/mol. The molecule has 1 saturated heterocycles. The average molecular weight is 273 g/mol. The third-order valence-electron chi connectivity index (χ3n) is 4.87. The van der Waals surface area contributed by atoms with Crippen molar-refractivity contribution < 1.29 is 0 Å². The van der Waals surface area contributed by atoms with Crippen LogP contribution in [0, 0.1) is 0 Å². The van der Waals surface area contributed by atoms with Gasteiger partial charge in [0.25, 0.3) is 0 Å². The molecule has 1 saturated carbocycles. The third kappa shape index (κ3) is 3.15. The number of hydrogen-bond donors (Lipinski definition) is 2. The Labute approximate surface area is 122 Å². The Balaban J connectivity index is 1.65. The fourth-order valence-corrected chi connectivity index (χ4v) is 3.51. The number of rotatable bonds is 3. The Morgan fingerprint density at radius 3 is 2.40 bits per heavy atom. The van der Waals surface area contributed by atoms with E-state index in [1.54, 1.807) is 0 Å². The van der Waals surface area contributed by atoms with Crippen LogP contribution in [-0.4, -0.2) is 32.7 Å². The van der Waals surface area contributed by atoms with Gasteiger partial charge in [0.15, 0.2) is 0 Å². The highest BCUT2D eigenvalue weighted by atomic mass is 15.1. The summed E-state index contributed by atoms with van der Waals surface area (Å²) in [5.74, 6) is 0. The van der Waals surface area contributed by atoms with Crippen LogP contribution in [0.4, 0.5) is 5.69 Å². The first-order valence-electron chi connectivity index (χ1n) is 8.11. The summed E-state index contributed by atoms with van der Waals surface area (Å²) >= 11 is 0. The summed E-state index contributed by atoms with van der Waals surface area (Å²) in [6.07, 6.45) is 6.91. The van der Waals surface area contributed by atoms with Gasteiger partial charge in [-0.1, -0.05) is 31.4 Å². The molecule has 1 aliphatic heterocycles. The summed E-state index contributed by atoms with van der Waals surface area (Å²) in [6.45, 7) is 3.19. The number of hydrogen-bond acceptors (Lipinski definition) is 3. The molecule has 2 N–H and O–H groups in total. The fourth-order valence-electron chi connectivity index (χ4n) is 3.51. The van der Waals surface area contributed by atoms with E-state index in [1.807, 2.05) is 0 Å². The summed E-state index contributed by atoms with van der Waals surface area (Å²) in [4.78, 5) is 2.48. The molecule has 3 heteroatoms. The maximum atomic E-state index is 3.57. The summed E-state index contributed by atoms with van der Waals surface area (Å²) in [7, 11) is 2.26. The molecule has 3 nitrogen and oxygen atoms in total. The standard InChI is InChI=1S/C17H27N3/c1-20(15-5-3-2-4-6-15)16-9-7-14(8-10-16)17-13-18-11-12-19-17/h7-10,15,17-19H,2-6,11-13H2,1H3/t17-/m1/s1. The normalized spacial score (nSPS) is 24.6. The predicted octanol–water partition coefficient (Wildman–Crippen LogP) is 2.69. The largest absolute Gasteiger partial charge is 0.372 e. The van der Waals surface area contributed by atoms with Gasteiger partial charge in [0.1, 0.15) is 0 Å². The average Bonchev–Trinajstić information content (AvgIpc) is 2.56. The Bertz CT molecular complexity index is 403. The van der Waals surface area contributed by atoms with Crippen LogP contribution in [0.25, 0.3) is 0 Å². The van der Waals surface area contributed by atoms with Gasteiger partial charge in [-0.25, -0.2) is 0 Å². The number of nitrogens with zero attached hydrogens (tertiary/aromatic N) is 1. The molecule has 20 heavy (non-hydrogen) atoms. The highest BCUT2D eigenvalue weighted by molar-refractivity contribution is 5.48. The molecular formula is C17H27N3. The van der Waals surface area contributed by atoms with Crippen molar-refractivity contribution in [2.75, 3.05) is 31.6 Å². The number of benzene rings is 1. The summed E-state index contributed by atoms with van der Waals surface area (Å²) < 4.78 is 0. The molecule has 1 aliphatic carbocycles. The van der Waals surface area contributed by atoms with Crippen LogP contribution >= 0.6 is 0 Å². The minimum absolute atomic E-state index is 0.470. The Morgan fingerprint density at radius 1 is 1.00 bits per heavy atom. The molecule has 0 aromatic heterocycles. The van der Waals surface area contributed by atoms with Crippen molar-refractivity contribution in [1.82, 2.24) is 10.6 Å². The Kier molecular flexibility index (Phi) is 4.58. The van der Waals surface area contributed by atoms with Crippen molar-refractivity contribution in [2.24, 2.45) is 0 Å². The highest BCUT2D eigenvalue weighted by Crippen LogP contribution is 2.27. The van der Waals surface area contributed by atoms with Crippen molar-refractivity contribution in [1.29, 1.82) is 0 Å². The maximum absolute atomic E-state index is 3.57. The number of nitrogens with one attached hydrogen (secondary N) is 2. The lowest BCUT2D eigenvalue weighted by Crippen LogP contribution is -2.42. The lowest BCUT2D eigenvalue weighted by atomic mass is 9.94. The van der Waals surface area contributed by atoms with Gasteiger partial charge < -0.3 is 15.5 Å². The summed E-state index contributed by atoms with van der Waals surface area (Å²) in [5.41, 5.74) is 2.77. The van der Waals surface area contributed by atoms with Crippen molar-refractivity contribution >= 4 is 5.69 Å². The van der Waals surface area contributed by atoms with Crippen molar-refractivity contribution in [3.05, 3.63) is 29.8 Å². The highest BCUT2D eigenvalue weighted by Gasteiger charge is 2.19. The zero-order valence-electron chi connectivity index (χ0n) is 12.6. The molecule has 0 bridgehead atoms. The van der Waals surface area contributed by atoms with E-state index in [9.17, 15) is 0 Å². The molecule has 0 amide bonds. The molecule has 2 fully saturated rings. The van der Waals surface area contributed by atoms with E-state index in [1.165, 1.54) is 43.4 Å². The SMILES string of the molecule is CN(c1ccc([C@H]2CNCCN2)cc1)C1CCCCC1. The van der Waals surface area contributed by atoms with Crippen molar-refractivity contribution in [3.8, 4) is 0 Å². The molecular weight excluding hydrogens is 246 g/mol. The second-order valence-corrected chi connectivity index (χ2v) is 6.21. The van der Waals surface area contributed by atoms with Crippen LogP contribution in [0.3, 0.4) is 0 Å². The first-order chi connectivity index (χ1) is 9.84. The monoisotopic (exact) mass is 273 g/mol. The zero-order chi connectivity index (χ0) is 13.8. The molecule has 0 radical (unpaired) electrons. The van der Waals surface area contributed by atoms with Gasteiger partial charge in [-0.3, -0.25) is 0 Å². The van der Waals surface area contributed by atoms with E-state index >= 15 is 0 Å². The lowest BCUT2D eigenvalue weighted by molar-refractivity contribution is 0.426. The molecule has 1 aromatic rings. The number of piperazine rings is 1. The van der Waals surface area contributed by atoms with Crippen LogP contribution in [0.1, 0.15) is 43.7 Å². The first-order valence-corrected chi connectivity index (χ1v) is 8.11. The van der Waals surface area contributed by atoms with E-state index in [0.29, 0.717) is 6.04 Å². The molecule has 1 aromatic carbocycles. The second-order valence-electron chi connectivity index (χ2n) is 6.21. The van der Waals surface area contributed by atoms with Gasteiger partial charge in [0, 0.05) is 44.5 Å². The molecule has 110 valence electrons. The van der Waals surface area contributed by atoms with E-state index in [2.05, 4.69) is 46.8 Å². The quantitative estimate of drug-likeness (QED) is 0.886. The molecule has 1 atom stereocenters. The fraction of sp³-hybridized carbons (Fsp3) is 0.647. The minimum atomic E-state index is 0.470. The molecule has 3 rings (SSSR count). The smallest absolute Gasteiger partial charge is 0.0447 e. The first kappa shape index (κ1) is 13.9. The topological polar surface area (TPSA) is 27.3 Å². The van der Waals surface area contributed by atoms with Crippen LogP contribution in [0.15, 0.2) is 24.3 Å². The van der Waals surface area contributed by atoms with Gasteiger partial charge >= 0.3 is 0 Å². The van der Waals surface area contributed by atoms with E-state index in [0.717, 1.165) is 25.7 Å². The van der Waals surface area contributed by atoms with E-state index < -0.39 is 0 Å². The lowest BCUT2D eigenvalue weighted by Gasteiger charge is -2.33. The Hall–Kier alpha value is -1.06. The Morgan fingerprint density at radius 2 is 1.75 bits per heavy atom. The van der Waals surface area contributed by atoms with Gasteiger partial charge in [0.05, 0.1) is 0 Å². The molecule has 0 unspecified atom stereocenters. The van der Waals surface area contributed by atoms with Crippen LogP contribution in [0.2, 0.25) is 0 Å². The third-order valence-corrected chi connectivity index (χ3v) is 4.87. The van der Waals surface area contributed by atoms with E-state index in [-0.39, 0.29) is 0 Å². The molecule has 1 heterocycles. The van der Waals surface area contributed by atoms with Crippen molar-refractivity contribution in [2.45, 2.75) is 44.2 Å². The van der Waals surface area contributed by atoms with Crippen LogP contribution < -0.4 is 15.5 Å².